The van der Waals surface area contributed by atoms with Gasteiger partial charge in [-0.3, -0.25) is 4.79 Å². The van der Waals surface area contributed by atoms with E-state index in [2.05, 4.69) is 12.0 Å². The van der Waals surface area contributed by atoms with Crippen molar-refractivity contribution in [1.29, 1.82) is 0 Å². The molecule has 2 atom stereocenters. The number of amides is 2. The van der Waals surface area contributed by atoms with Crippen LogP contribution in [0.5, 0.6) is 0 Å². The molecule has 0 unspecified atom stereocenters. The van der Waals surface area contributed by atoms with Crippen molar-refractivity contribution in [3.05, 3.63) is 54.1 Å². The van der Waals surface area contributed by atoms with Crippen LogP contribution in [-0.4, -0.2) is 40.2 Å². The Labute approximate surface area is 184 Å². The molecule has 0 heterocycles. The number of ketones is 1. The number of ether oxygens (including phenoxy) is 2. The number of benzene rings is 1. The lowest BCUT2D eigenvalue weighted by molar-refractivity contribution is -0.0120. The predicted molar refractivity (Wildman–Crippen MR) is 119 cm³/mol. The van der Waals surface area contributed by atoms with Gasteiger partial charge >= 0.3 is 12.2 Å². The highest BCUT2D eigenvalue weighted by Crippen LogP contribution is 2.28. The van der Waals surface area contributed by atoms with E-state index in [1.54, 1.807) is 71.9 Å². The van der Waals surface area contributed by atoms with Crippen molar-refractivity contribution in [2.45, 2.75) is 65.2 Å². The van der Waals surface area contributed by atoms with Crippen LogP contribution in [0.2, 0.25) is 0 Å². The standard InChI is InChI=1S/C24H32N2O5/c1-8-16-11-9-12-17(15-16)20(27)18-13-10-14-19(18)26(22(29)31-24(5,6)7)25-21(28)30-23(2,3)4/h8-13,15,18-19H,1,14H2,2-7H3,(H,25,28)/t18-,19-/m1/s1. The molecule has 0 saturated heterocycles. The van der Waals surface area contributed by atoms with E-state index >= 15 is 0 Å². The fourth-order valence-electron chi connectivity index (χ4n) is 3.15. The van der Waals surface area contributed by atoms with Gasteiger partial charge in [-0.05, 0) is 59.6 Å². The minimum absolute atomic E-state index is 0.165. The highest BCUT2D eigenvalue weighted by molar-refractivity contribution is 6.00. The Morgan fingerprint density at radius 2 is 1.74 bits per heavy atom. The maximum absolute atomic E-state index is 13.2. The number of rotatable bonds is 4. The van der Waals surface area contributed by atoms with Crippen LogP contribution < -0.4 is 5.43 Å². The van der Waals surface area contributed by atoms with Gasteiger partial charge in [-0.15, -0.1) is 0 Å². The quantitative estimate of drug-likeness (QED) is 0.408. The first-order chi connectivity index (χ1) is 14.3. The number of nitrogens with one attached hydrogen (secondary N) is 1. The smallest absolute Gasteiger partial charge is 0.429 e. The average Bonchev–Trinajstić information content (AvgIpc) is 3.12. The number of nitrogens with zero attached hydrogens (tertiary/aromatic N) is 1. The van der Waals surface area contributed by atoms with Crippen molar-refractivity contribution in [3.63, 3.8) is 0 Å². The zero-order chi connectivity index (χ0) is 23.4. The van der Waals surface area contributed by atoms with Crippen LogP contribution in [0, 0.1) is 5.92 Å². The summed E-state index contributed by atoms with van der Waals surface area (Å²) >= 11 is 0. The molecule has 2 amide bonds. The molecule has 0 radical (unpaired) electrons. The Morgan fingerprint density at radius 1 is 1.10 bits per heavy atom. The van der Waals surface area contributed by atoms with E-state index in [4.69, 9.17) is 9.47 Å². The summed E-state index contributed by atoms with van der Waals surface area (Å²) in [6, 6.07) is 6.45. The molecule has 7 heteroatoms. The van der Waals surface area contributed by atoms with Gasteiger partial charge in [0, 0.05) is 5.56 Å². The summed E-state index contributed by atoms with van der Waals surface area (Å²) in [6.07, 6.45) is 4.05. The molecule has 2 rings (SSSR count). The van der Waals surface area contributed by atoms with E-state index in [0.29, 0.717) is 12.0 Å². The zero-order valence-electron chi connectivity index (χ0n) is 19.1. The highest BCUT2D eigenvalue weighted by Gasteiger charge is 2.40. The largest absolute Gasteiger partial charge is 0.443 e. The second kappa shape index (κ2) is 9.37. The Hall–Kier alpha value is -3.09. The molecule has 1 aliphatic rings. The zero-order valence-corrected chi connectivity index (χ0v) is 19.1. The van der Waals surface area contributed by atoms with E-state index in [-0.39, 0.29) is 5.78 Å². The number of carbonyl (C=O) groups is 3. The minimum Gasteiger partial charge on any atom is -0.443 e. The first-order valence-electron chi connectivity index (χ1n) is 10.3. The molecule has 1 aromatic rings. The van der Waals surface area contributed by atoms with Crippen LogP contribution in [0.4, 0.5) is 9.59 Å². The van der Waals surface area contributed by atoms with E-state index in [0.717, 1.165) is 10.6 Å². The van der Waals surface area contributed by atoms with Crippen LogP contribution in [0.3, 0.4) is 0 Å². The van der Waals surface area contributed by atoms with Crippen molar-refractivity contribution < 1.29 is 23.9 Å². The Balaban J connectivity index is 2.32. The lowest BCUT2D eigenvalue weighted by Gasteiger charge is -2.34. The number of carbonyl (C=O) groups excluding carboxylic acids is 3. The molecule has 0 aromatic heterocycles. The number of Topliss-reactive ketones (excluding diaryl/α,β-unsaturated/α-hetero) is 1. The molecule has 1 aromatic carbocycles. The van der Waals surface area contributed by atoms with E-state index in [1.165, 1.54) is 0 Å². The Bertz CT molecular complexity index is 877. The van der Waals surface area contributed by atoms with E-state index in [9.17, 15) is 14.4 Å². The number of hydrogen-bond donors (Lipinski definition) is 1. The lowest BCUT2D eigenvalue weighted by atomic mass is 9.92. The van der Waals surface area contributed by atoms with Gasteiger partial charge in [0.15, 0.2) is 5.78 Å². The van der Waals surface area contributed by atoms with Crippen LogP contribution in [0.15, 0.2) is 43.0 Å². The molecule has 31 heavy (non-hydrogen) atoms. The summed E-state index contributed by atoms with van der Waals surface area (Å²) in [5.74, 6) is -0.815. The van der Waals surface area contributed by atoms with Gasteiger partial charge < -0.3 is 9.47 Å². The van der Waals surface area contributed by atoms with E-state index < -0.39 is 35.3 Å². The average molecular weight is 429 g/mol. The van der Waals surface area contributed by atoms with E-state index in [1.807, 2.05) is 12.1 Å². The Morgan fingerprint density at radius 3 is 2.32 bits per heavy atom. The summed E-state index contributed by atoms with van der Waals surface area (Å²) in [5, 5.41) is 1.07. The molecule has 168 valence electrons. The molecule has 0 spiro atoms. The van der Waals surface area contributed by atoms with Gasteiger partial charge in [-0.1, -0.05) is 43.0 Å². The molecular weight excluding hydrogens is 396 g/mol. The van der Waals surface area contributed by atoms with Crippen molar-refractivity contribution in [2.75, 3.05) is 0 Å². The third kappa shape index (κ3) is 6.98. The summed E-state index contributed by atoms with van der Waals surface area (Å²) in [6.45, 7) is 14.1. The molecule has 7 nitrogen and oxygen atoms in total. The Kier molecular flexibility index (Phi) is 7.31. The van der Waals surface area contributed by atoms with Gasteiger partial charge in [0.25, 0.3) is 0 Å². The van der Waals surface area contributed by atoms with Crippen molar-refractivity contribution in [3.8, 4) is 0 Å². The fourth-order valence-corrected chi connectivity index (χ4v) is 3.15. The molecule has 1 aliphatic carbocycles. The van der Waals surface area contributed by atoms with Crippen LogP contribution in [0.25, 0.3) is 6.08 Å². The predicted octanol–water partition coefficient (Wildman–Crippen LogP) is 5.13. The third-order valence-corrected chi connectivity index (χ3v) is 4.38. The normalized spacial score (nSPS) is 18.3. The summed E-state index contributed by atoms with van der Waals surface area (Å²) < 4.78 is 10.8. The maximum Gasteiger partial charge on any atom is 0.429 e. The molecule has 0 aliphatic heterocycles. The van der Waals surface area contributed by atoms with Gasteiger partial charge in [-0.2, -0.15) is 0 Å². The molecule has 0 saturated carbocycles. The summed E-state index contributed by atoms with van der Waals surface area (Å²) in [4.78, 5) is 38.6. The SMILES string of the molecule is C=Cc1cccc(C(=O)[C@@H]2C=CC[C@H]2N(NC(=O)OC(C)(C)C)C(=O)OC(C)(C)C)c1. The van der Waals surface area contributed by atoms with Gasteiger partial charge in [-0.25, -0.2) is 20.0 Å². The van der Waals surface area contributed by atoms with Crippen molar-refractivity contribution in [1.82, 2.24) is 10.4 Å². The second-order valence-corrected chi connectivity index (χ2v) is 9.41. The van der Waals surface area contributed by atoms with Gasteiger partial charge in [0.1, 0.15) is 11.2 Å². The number of hydrogen-bond acceptors (Lipinski definition) is 5. The van der Waals surface area contributed by atoms with Gasteiger partial charge in [0.2, 0.25) is 0 Å². The van der Waals surface area contributed by atoms with Crippen molar-refractivity contribution in [2.24, 2.45) is 5.92 Å². The van der Waals surface area contributed by atoms with Gasteiger partial charge in [0.05, 0.1) is 12.0 Å². The highest BCUT2D eigenvalue weighted by atomic mass is 16.6. The number of hydrazine groups is 1. The van der Waals surface area contributed by atoms with Crippen LogP contribution >= 0.6 is 0 Å². The summed E-state index contributed by atoms with van der Waals surface area (Å²) in [7, 11) is 0. The fraction of sp³-hybridized carbons (Fsp3) is 0.458. The van der Waals surface area contributed by atoms with Crippen LogP contribution in [-0.2, 0) is 9.47 Å². The first kappa shape index (κ1) is 24.2. The first-order valence-corrected chi connectivity index (χ1v) is 10.3. The van der Waals surface area contributed by atoms with Crippen molar-refractivity contribution >= 4 is 24.0 Å². The molecule has 1 N–H and O–H groups in total. The lowest BCUT2D eigenvalue weighted by Crippen LogP contribution is -2.56. The molecule has 0 bridgehead atoms. The van der Waals surface area contributed by atoms with Crippen LogP contribution in [0.1, 0.15) is 63.9 Å². The molecular formula is C24H32N2O5. The molecule has 0 fully saturated rings. The third-order valence-electron chi connectivity index (χ3n) is 4.38. The maximum atomic E-state index is 13.2. The second-order valence-electron chi connectivity index (χ2n) is 9.41. The topological polar surface area (TPSA) is 84.9 Å². The minimum atomic E-state index is -0.801. The summed E-state index contributed by atoms with van der Waals surface area (Å²) in [5.41, 5.74) is 2.27. The monoisotopic (exact) mass is 428 g/mol.